The molecule has 2 aromatic rings. The van der Waals surface area contributed by atoms with Gasteiger partial charge in [0.15, 0.2) is 0 Å². The van der Waals surface area contributed by atoms with Crippen molar-refractivity contribution >= 4 is 44.8 Å². The molecule has 0 bridgehead atoms. The summed E-state index contributed by atoms with van der Waals surface area (Å²) < 4.78 is 0.950. The summed E-state index contributed by atoms with van der Waals surface area (Å²) in [6, 6.07) is 5.11. The molecule has 4 N–H and O–H groups in total. The number of carbonyl (C=O) groups excluding carboxylic acids is 3. The van der Waals surface area contributed by atoms with E-state index in [1.165, 1.54) is 17.4 Å². The van der Waals surface area contributed by atoms with E-state index in [0.717, 1.165) is 15.8 Å². The van der Waals surface area contributed by atoms with Gasteiger partial charge in [-0.05, 0) is 38.2 Å². The average molecular weight is 428 g/mol. The van der Waals surface area contributed by atoms with Crippen LogP contribution in [0.1, 0.15) is 27.0 Å². The Balaban J connectivity index is 1.57. The molecular weight excluding hydrogens is 402 g/mol. The molecule has 4 rings (SSSR count). The number of nitrogens with one attached hydrogen (secondary N) is 4. The molecule has 0 aliphatic carbocycles. The first kappa shape index (κ1) is 20.4. The lowest BCUT2D eigenvalue weighted by molar-refractivity contribution is -0.117. The van der Waals surface area contributed by atoms with E-state index in [-0.39, 0.29) is 35.8 Å². The Bertz CT molecular complexity index is 1030. The van der Waals surface area contributed by atoms with Gasteiger partial charge in [0.25, 0.3) is 11.8 Å². The lowest BCUT2D eigenvalue weighted by Crippen LogP contribution is -2.50. The van der Waals surface area contributed by atoms with Crippen LogP contribution < -0.4 is 21.3 Å². The van der Waals surface area contributed by atoms with Gasteiger partial charge in [-0.3, -0.25) is 14.4 Å². The summed E-state index contributed by atoms with van der Waals surface area (Å²) in [5.41, 5.74) is 1.30. The Labute approximate surface area is 178 Å². The third-order valence-corrected chi connectivity index (χ3v) is 6.62. The van der Waals surface area contributed by atoms with Crippen LogP contribution in [0.25, 0.3) is 10.1 Å². The molecule has 30 heavy (non-hydrogen) atoms. The van der Waals surface area contributed by atoms with Gasteiger partial charge in [-0.15, -0.1) is 11.3 Å². The van der Waals surface area contributed by atoms with Gasteiger partial charge in [-0.2, -0.15) is 0 Å². The fourth-order valence-corrected chi connectivity index (χ4v) is 5.02. The van der Waals surface area contributed by atoms with Gasteiger partial charge < -0.3 is 26.2 Å². The highest BCUT2D eigenvalue weighted by Gasteiger charge is 2.33. The SMILES string of the molecule is C=CC(=O)N[C@H]1CN(C)C[C@H]1NC(=O)c1ccc2sc3c(c2c1)NC[C@@H](C)NC3=O. The number of rotatable bonds is 4. The Kier molecular flexibility index (Phi) is 5.48. The molecule has 0 spiro atoms. The molecule has 3 heterocycles. The van der Waals surface area contributed by atoms with E-state index in [4.69, 9.17) is 0 Å². The predicted octanol–water partition coefficient (Wildman–Crippen LogP) is 1.16. The lowest BCUT2D eigenvalue weighted by atomic mass is 10.1. The molecule has 1 saturated heterocycles. The third kappa shape index (κ3) is 3.90. The number of carbonyl (C=O) groups is 3. The van der Waals surface area contributed by atoms with Gasteiger partial charge in [-0.25, -0.2) is 0 Å². The van der Waals surface area contributed by atoms with Crippen LogP contribution in [-0.4, -0.2) is 67.4 Å². The van der Waals surface area contributed by atoms with Crippen LogP contribution in [0.2, 0.25) is 0 Å². The van der Waals surface area contributed by atoms with Crippen LogP contribution in [0.4, 0.5) is 5.69 Å². The average Bonchev–Trinajstić information content (AvgIpc) is 3.20. The number of likely N-dealkylation sites (tertiary alicyclic amines) is 1. The molecule has 2 aliphatic heterocycles. The number of hydrogen-bond donors (Lipinski definition) is 4. The minimum atomic E-state index is -0.254. The summed E-state index contributed by atoms with van der Waals surface area (Å²) in [7, 11) is 1.95. The highest BCUT2D eigenvalue weighted by atomic mass is 32.1. The van der Waals surface area contributed by atoms with E-state index in [1.807, 2.05) is 26.1 Å². The van der Waals surface area contributed by atoms with Crippen molar-refractivity contribution in [1.29, 1.82) is 0 Å². The van der Waals surface area contributed by atoms with Gasteiger partial charge >= 0.3 is 0 Å². The first-order valence-corrected chi connectivity index (χ1v) is 10.7. The van der Waals surface area contributed by atoms with Crippen molar-refractivity contribution in [1.82, 2.24) is 20.9 Å². The predicted molar refractivity (Wildman–Crippen MR) is 118 cm³/mol. The van der Waals surface area contributed by atoms with E-state index in [2.05, 4.69) is 32.7 Å². The van der Waals surface area contributed by atoms with Crippen molar-refractivity contribution in [2.45, 2.75) is 25.0 Å². The van der Waals surface area contributed by atoms with Crippen molar-refractivity contribution in [2.75, 3.05) is 32.0 Å². The van der Waals surface area contributed by atoms with Gasteiger partial charge in [-0.1, -0.05) is 6.58 Å². The Morgan fingerprint density at radius 1 is 1.27 bits per heavy atom. The van der Waals surface area contributed by atoms with Gasteiger partial charge in [0, 0.05) is 41.3 Å². The number of hydrogen-bond acceptors (Lipinski definition) is 6. The lowest BCUT2D eigenvalue weighted by Gasteiger charge is -2.20. The van der Waals surface area contributed by atoms with Crippen molar-refractivity contribution in [3.63, 3.8) is 0 Å². The van der Waals surface area contributed by atoms with Crippen molar-refractivity contribution in [3.05, 3.63) is 41.3 Å². The molecule has 1 fully saturated rings. The van der Waals surface area contributed by atoms with Crippen LogP contribution in [0.15, 0.2) is 30.9 Å². The number of fused-ring (bicyclic) bond motifs is 3. The maximum Gasteiger partial charge on any atom is 0.263 e. The van der Waals surface area contributed by atoms with Crippen LogP contribution in [0.5, 0.6) is 0 Å². The molecule has 8 nitrogen and oxygen atoms in total. The molecule has 0 unspecified atom stereocenters. The summed E-state index contributed by atoms with van der Waals surface area (Å²) in [6.07, 6.45) is 1.23. The molecule has 1 aromatic heterocycles. The standard InChI is InChI=1S/C21H25N5O3S/c1-4-17(27)24-14-9-26(3)10-15(14)25-20(28)12-5-6-16-13(7-12)18-19(30-16)21(29)23-11(2)8-22-18/h4-7,11,14-15,22H,1,8-10H2,2-3H3,(H,23,29)(H,24,27)(H,25,28)/t11-,14+,15-/m1/s1. The number of thiophene rings is 1. The fraction of sp³-hybridized carbons (Fsp3) is 0.381. The van der Waals surface area contributed by atoms with E-state index in [1.54, 1.807) is 6.07 Å². The van der Waals surface area contributed by atoms with E-state index < -0.39 is 0 Å². The highest BCUT2D eigenvalue weighted by Crippen LogP contribution is 2.37. The van der Waals surface area contributed by atoms with Crippen LogP contribution in [0.3, 0.4) is 0 Å². The van der Waals surface area contributed by atoms with Gasteiger partial charge in [0.1, 0.15) is 4.88 Å². The number of amides is 3. The third-order valence-electron chi connectivity index (χ3n) is 5.45. The van der Waals surface area contributed by atoms with Gasteiger partial charge in [0.2, 0.25) is 5.91 Å². The number of nitrogens with zero attached hydrogens (tertiary/aromatic N) is 1. The van der Waals surface area contributed by atoms with E-state index >= 15 is 0 Å². The minimum absolute atomic E-state index is 0.0284. The Hall–Kier alpha value is -2.91. The second kappa shape index (κ2) is 8.08. The van der Waals surface area contributed by atoms with Gasteiger partial charge in [0.05, 0.1) is 17.8 Å². The smallest absolute Gasteiger partial charge is 0.263 e. The second-order valence-corrected chi connectivity index (χ2v) is 8.95. The summed E-state index contributed by atoms with van der Waals surface area (Å²) in [4.78, 5) is 39.8. The monoisotopic (exact) mass is 427 g/mol. The molecule has 158 valence electrons. The van der Waals surface area contributed by atoms with Crippen molar-refractivity contribution in [3.8, 4) is 0 Å². The molecule has 0 saturated carbocycles. The van der Waals surface area contributed by atoms with Crippen LogP contribution >= 0.6 is 11.3 Å². The molecule has 2 aliphatic rings. The maximum atomic E-state index is 13.0. The molecular formula is C21H25N5O3S. The second-order valence-electron chi connectivity index (χ2n) is 7.89. The summed E-state index contributed by atoms with van der Waals surface area (Å²) in [5, 5.41) is 13.1. The fourth-order valence-electron chi connectivity index (χ4n) is 3.96. The maximum absolute atomic E-state index is 13.0. The molecule has 0 radical (unpaired) electrons. The zero-order valence-corrected chi connectivity index (χ0v) is 17.8. The normalized spacial score (nSPS) is 23.8. The number of anilines is 1. The first-order valence-electron chi connectivity index (χ1n) is 9.89. The Morgan fingerprint density at radius 2 is 2.00 bits per heavy atom. The first-order chi connectivity index (χ1) is 14.4. The molecule has 1 aromatic carbocycles. The summed E-state index contributed by atoms with van der Waals surface area (Å²) in [5.74, 6) is -0.554. The van der Waals surface area contributed by atoms with Crippen LogP contribution in [-0.2, 0) is 4.79 Å². The number of benzene rings is 1. The van der Waals surface area contributed by atoms with Crippen LogP contribution in [0, 0.1) is 0 Å². The van der Waals surface area contributed by atoms with E-state index in [0.29, 0.717) is 30.1 Å². The van der Waals surface area contributed by atoms with Crippen molar-refractivity contribution in [2.24, 2.45) is 0 Å². The highest BCUT2D eigenvalue weighted by molar-refractivity contribution is 7.21. The molecule has 3 amide bonds. The largest absolute Gasteiger partial charge is 0.381 e. The molecule has 9 heteroatoms. The van der Waals surface area contributed by atoms with E-state index in [9.17, 15) is 14.4 Å². The quantitative estimate of drug-likeness (QED) is 0.549. The summed E-state index contributed by atoms with van der Waals surface area (Å²) in [6.45, 7) is 7.35. The molecule has 3 atom stereocenters. The zero-order chi connectivity index (χ0) is 21.4. The summed E-state index contributed by atoms with van der Waals surface area (Å²) >= 11 is 1.42. The minimum Gasteiger partial charge on any atom is -0.381 e. The Morgan fingerprint density at radius 3 is 2.73 bits per heavy atom. The topological polar surface area (TPSA) is 103 Å². The van der Waals surface area contributed by atoms with Crippen molar-refractivity contribution < 1.29 is 14.4 Å². The zero-order valence-electron chi connectivity index (χ0n) is 17.0. The number of likely N-dealkylation sites (N-methyl/N-ethyl adjacent to an activating group) is 1.